The summed E-state index contributed by atoms with van der Waals surface area (Å²) in [5, 5.41) is 9.27. The minimum atomic E-state index is -2.73. The molecule has 1 rings (SSSR count). The fourth-order valence-corrected chi connectivity index (χ4v) is 1.52. The number of alkyl halides is 3. The van der Waals surface area contributed by atoms with Crippen LogP contribution in [0.25, 0.3) is 0 Å². The summed E-state index contributed by atoms with van der Waals surface area (Å²) in [4.78, 5) is 3.71. The van der Waals surface area contributed by atoms with Crippen molar-refractivity contribution in [2.75, 3.05) is 0 Å². The van der Waals surface area contributed by atoms with Crippen LogP contribution < -0.4 is 0 Å². The van der Waals surface area contributed by atoms with E-state index in [1.54, 1.807) is 22.6 Å². The quantitative estimate of drug-likeness (QED) is 0.516. The average molecular weight is 319 g/mol. The van der Waals surface area contributed by atoms with E-state index >= 15 is 0 Å². The number of aromatic hydroxyl groups is 1. The highest BCUT2D eigenvalue weighted by Crippen LogP contribution is 2.34. The maximum Gasteiger partial charge on any atom is 0.267 e. The van der Waals surface area contributed by atoms with Crippen molar-refractivity contribution >= 4 is 34.2 Å². The zero-order valence-electron chi connectivity index (χ0n) is 6.27. The second-order valence-electron chi connectivity index (χ2n) is 2.27. The van der Waals surface area contributed by atoms with Crippen molar-refractivity contribution in [2.24, 2.45) is 0 Å². The van der Waals surface area contributed by atoms with Crippen LogP contribution in [0.4, 0.5) is 8.78 Å². The lowest BCUT2D eigenvalue weighted by atomic mass is 10.1. The highest BCUT2D eigenvalue weighted by atomic mass is 127. The SMILES string of the molecule is Oc1c(I)ncc(CCl)c1C(F)F. The van der Waals surface area contributed by atoms with Crippen LogP contribution in [0.15, 0.2) is 6.20 Å². The maximum atomic E-state index is 12.4. The first-order valence-electron chi connectivity index (χ1n) is 3.28. The van der Waals surface area contributed by atoms with Crippen molar-refractivity contribution < 1.29 is 13.9 Å². The minimum absolute atomic E-state index is 0.0862. The first-order valence-corrected chi connectivity index (χ1v) is 4.89. The van der Waals surface area contributed by atoms with Gasteiger partial charge in [0.2, 0.25) is 0 Å². The highest BCUT2D eigenvalue weighted by molar-refractivity contribution is 14.1. The van der Waals surface area contributed by atoms with Crippen LogP contribution in [0.5, 0.6) is 5.75 Å². The Labute approximate surface area is 92.1 Å². The molecule has 13 heavy (non-hydrogen) atoms. The van der Waals surface area contributed by atoms with Crippen LogP contribution in [0.3, 0.4) is 0 Å². The summed E-state index contributed by atoms with van der Waals surface area (Å²) in [7, 11) is 0. The first-order chi connectivity index (χ1) is 6.07. The third kappa shape index (κ3) is 2.19. The molecule has 0 bridgehead atoms. The van der Waals surface area contributed by atoms with Gasteiger partial charge in [-0.3, -0.25) is 0 Å². The van der Waals surface area contributed by atoms with Crippen molar-refractivity contribution in [1.29, 1.82) is 0 Å². The van der Waals surface area contributed by atoms with Crippen molar-refractivity contribution in [2.45, 2.75) is 12.3 Å². The van der Waals surface area contributed by atoms with E-state index in [9.17, 15) is 13.9 Å². The molecule has 0 aliphatic rings. The molecule has 72 valence electrons. The fraction of sp³-hybridized carbons (Fsp3) is 0.286. The molecule has 0 saturated heterocycles. The molecule has 1 aromatic heterocycles. The molecule has 2 nitrogen and oxygen atoms in total. The second-order valence-corrected chi connectivity index (χ2v) is 3.56. The van der Waals surface area contributed by atoms with E-state index in [-0.39, 0.29) is 15.1 Å². The van der Waals surface area contributed by atoms with Gasteiger partial charge in [0.1, 0.15) is 3.70 Å². The van der Waals surface area contributed by atoms with Gasteiger partial charge in [-0.2, -0.15) is 0 Å². The zero-order chi connectivity index (χ0) is 10.0. The number of hydrogen-bond donors (Lipinski definition) is 1. The second kappa shape index (κ2) is 4.36. The standard InChI is InChI=1S/C7H5ClF2INO/c8-1-3-2-12-7(11)5(13)4(3)6(9)10/h2,6,13H,1H2. The monoisotopic (exact) mass is 319 g/mol. The van der Waals surface area contributed by atoms with Gasteiger partial charge in [0.25, 0.3) is 6.43 Å². The Morgan fingerprint density at radius 3 is 2.69 bits per heavy atom. The molecule has 6 heteroatoms. The summed E-state index contributed by atoms with van der Waals surface area (Å²) in [5.41, 5.74) is -0.260. The third-order valence-corrected chi connectivity index (χ3v) is 2.57. The van der Waals surface area contributed by atoms with Crippen LogP contribution >= 0.6 is 34.2 Å². The lowest BCUT2D eigenvalue weighted by molar-refractivity contribution is 0.146. The third-order valence-electron chi connectivity index (χ3n) is 1.49. The van der Waals surface area contributed by atoms with E-state index in [1.165, 1.54) is 6.20 Å². The molecule has 0 amide bonds. The smallest absolute Gasteiger partial charge is 0.267 e. The Hall–Kier alpha value is -0.170. The number of rotatable bonds is 2. The number of hydrogen-bond acceptors (Lipinski definition) is 2. The van der Waals surface area contributed by atoms with E-state index in [0.717, 1.165) is 0 Å². The Kier molecular flexibility index (Phi) is 3.66. The number of aromatic nitrogens is 1. The Balaban J connectivity index is 3.32. The summed E-state index contributed by atoms with van der Waals surface area (Å²) in [6, 6.07) is 0. The minimum Gasteiger partial charge on any atom is -0.505 e. The predicted octanol–water partition coefficient (Wildman–Crippen LogP) is 3.07. The van der Waals surface area contributed by atoms with E-state index in [0.29, 0.717) is 0 Å². The van der Waals surface area contributed by atoms with E-state index in [2.05, 4.69) is 4.98 Å². The van der Waals surface area contributed by atoms with Gasteiger partial charge in [0, 0.05) is 12.1 Å². The first kappa shape index (κ1) is 10.9. The molecule has 0 spiro atoms. The summed E-state index contributed by atoms with van der Waals surface area (Å²) >= 11 is 7.09. The largest absolute Gasteiger partial charge is 0.505 e. The summed E-state index contributed by atoms with van der Waals surface area (Å²) in [6.45, 7) is 0. The van der Waals surface area contributed by atoms with Gasteiger partial charge >= 0.3 is 0 Å². The van der Waals surface area contributed by atoms with Gasteiger partial charge in [0.05, 0.1) is 5.56 Å². The van der Waals surface area contributed by atoms with Gasteiger partial charge < -0.3 is 5.11 Å². The predicted molar refractivity (Wildman–Crippen MR) is 53.1 cm³/mol. The van der Waals surface area contributed by atoms with Crippen molar-refractivity contribution in [1.82, 2.24) is 4.98 Å². The normalized spacial score (nSPS) is 10.8. The van der Waals surface area contributed by atoms with Gasteiger partial charge in [-0.25, -0.2) is 13.8 Å². The molecule has 1 heterocycles. The molecule has 0 fully saturated rings. The molecular weight excluding hydrogens is 314 g/mol. The Morgan fingerprint density at radius 1 is 1.62 bits per heavy atom. The molecule has 1 aromatic rings. The number of halogens is 4. The van der Waals surface area contributed by atoms with Gasteiger partial charge in [-0.15, -0.1) is 11.6 Å². The van der Waals surface area contributed by atoms with Crippen LogP contribution in [-0.4, -0.2) is 10.1 Å². The van der Waals surface area contributed by atoms with Crippen molar-refractivity contribution in [3.05, 3.63) is 21.0 Å². The molecule has 0 atom stereocenters. The molecule has 0 unspecified atom stereocenters. The summed E-state index contributed by atoms with van der Waals surface area (Å²) < 4.78 is 25.0. The maximum absolute atomic E-state index is 12.4. The van der Waals surface area contributed by atoms with Crippen LogP contribution in [-0.2, 0) is 5.88 Å². The van der Waals surface area contributed by atoms with E-state index < -0.39 is 17.7 Å². The average Bonchev–Trinajstić information content (AvgIpc) is 2.08. The van der Waals surface area contributed by atoms with Gasteiger partial charge in [-0.05, 0) is 28.2 Å². The number of pyridine rings is 1. The van der Waals surface area contributed by atoms with E-state index in [4.69, 9.17) is 11.6 Å². The lowest BCUT2D eigenvalue weighted by Gasteiger charge is -2.08. The Bertz CT molecular complexity index is 322. The van der Waals surface area contributed by atoms with Crippen LogP contribution in [0.1, 0.15) is 17.6 Å². The molecule has 0 aliphatic heterocycles. The molecule has 1 N–H and O–H groups in total. The summed E-state index contributed by atoms with van der Waals surface area (Å²) in [5.74, 6) is -0.564. The van der Waals surface area contributed by atoms with Crippen LogP contribution in [0.2, 0.25) is 0 Å². The van der Waals surface area contributed by atoms with Crippen molar-refractivity contribution in [3.8, 4) is 5.75 Å². The molecule has 0 radical (unpaired) electrons. The Morgan fingerprint density at radius 2 is 2.23 bits per heavy atom. The van der Waals surface area contributed by atoms with Crippen molar-refractivity contribution in [3.63, 3.8) is 0 Å². The van der Waals surface area contributed by atoms with E-state index in [1.807, 2.05) is 0 Å². The van der Waals surface area contributed by atoms with Crippen LogP contribution in [0, 0.1) is 3.70 Å². The van der Waals surface area contributed by atoms with Gasteiger partial charge in [-0.1, -0.05) is 0 Å². The fourth-order valence-electron chi connectivity index (χ4n) is 0.878. The molecule has 0 aromatic carbocycles. The topological polar surface area (TPSA) is 33.1 Å². The lowest BCUT2D eigenvalue weighted by Crippen LogP contribution is -1.97. The molecule has 0 saturated carbocycles. The molecule has 0 aliphatic carbocycles. The molecular formula is C7H5ClF2INO. The zero-order valence-corrected chi connectivity index (χ0v) is 9.18. The highest BCUT2D eigenvalue weighted by Gasteiger charge is 2.20. The summed E-state index contributed by atoms with van der Waals surface area (Å²) in [6.07, 6.45) is -1.49. The number of nitrogens with zero attached hydrogens (tertiary/aromatic N) is 1. The van der Waals surface area contributed by atoms with Gasteiger partial charge in [0.15, 0.2) is 5.75 Å².